The number of hydrogen-bond acceptors (Lipinski definition) is 8. The van der Waals surface area contributed by atoms with Gasteiger partial charge in [-0.1, -0.05) is 0 Å². The number of sulfonamides is 1. The van der Waals surface area contributed by atoms with E-state index in [0.717, 1.165) is 12.3 Å². The summed E-state index contributed by atoms with van der Waals surface area (Å²) >= 11 is 0. The van der Waals surface area contributed by atoms with Gasteiger partial charge in [-0.05, 0) is 53.7 Å². The van der Waals surface area contributed by atoms with Crippen LogP contribution in [0.5, 0.6) is 0 Å². The molecule has 0 unspecified atom stereocenters. The molecule has 0 bridgehead atoms. The largest absolute Gasteiger partial charge is 0.443 e. The molecule has 1 saturated heterocycles. The Balaban J connectivity index is 1.99. The number of pyridine rings is 2. The third-order valence-corrected chi connectivity index (χ3v) is 7.83. The molecule has 1 aliphatic heterocycles. The Hall–Kier alpha value is -3.56. The third kappa shape index (κ3) is 7.83. The second kappa shape index (κ2) is 11.3. The topological polar surface area (TPSA) is 122 Å². The van der Waals surface area contributed by atoms with Crippen molar-refractivity contribution < 1.29 is 44.7 Å². The maximum absolute atomic E-state index is 13.7. The molecule has 10 nitrogen and oxygen atoms in total. The lowest BCUT2D eigenvalue weighted by Gasteiger charge is -2.35. The summed E-state index contributed by atoms with van der Waals surface area (Å²) < 4.78 is 101. The molecule has 1 N–H and O–H groups in total. The summed E-state index contributed by atoms with van der Waals surface area (Å²) in [4.78, 5) is 35.0. The van der Waals surface area contributed by atoms with E-state index in [1.165, 1.54) is 31.7 Å². The number of halogens is 5. The number of rotatable bonds is 5. The van der Waals surface area contributed by atoms with Gasteiger partial charge in [0.2, 0.25) is 0 Å². The number of aromatic nitrogens is 2. The predicted octanol–water partition coefficient (Wildman–Crippen LogP) is 5.71. The number of carbonyl (C=O) groups excluding carboxylic acids is 2. The number of anilines is 2. The Bertz CT molecular complexity index is 1440. The third-order valence-electron chi connectivity index (χ3n) is 5.90. The second-order valence-electron chi connectivity index (χ2n) is 11.7. The number of hydrogen-bond donors (Lipinski definition) is 1. The second-order valence-corrected chi connectivity index (χ2v) is 13.4. The van der Waals surface area contributed by atoms with Crippen molar-refractivity contribution in [2.24, 2.45) is 0 Å². The van der Waals surface area contributed by atoms with Crippen LogP contribution in [0.1, 0.15) is 70.3 Å². The Morgan fingerprint density at radius 1 is 1.02 bits per heavy atom. The smallest absolute Gasteiger partial charge is 0.424 e. The molecule has 16 heteroatoms. The Morgan fingerprint density at radius 2 is 1.62 bits per heavy atom. The van der Waals surface area contributed by atoms with Gasteiger partial charge in [-0.3, -0.25) is 4.79 Å². The zero-order chi connectivity index (χ0) is 31.9. The molecule has 0 spiro atoms. The molecule has 0 aromatic carbocycles. The molecule has 1 fully saturated rings. The number of piperidine rings is 1. The van der Waals surface area contributed by atoms with Crippen molar-refractivity contribution in [1.29, 1.82) is 0 Å². The van der Waals surface area contributed by atoms with Gasteiger partial charge >= 0.3 is 12.3 Å². The van der Waals surface area contributed by atoms with Crippen LogP contribution in [0, 0.1) is 0 Å². The van der Waals surface area contributed by atoms with Crippen molar-refractivity contribution in [2.75, 3.05) is 23.3 Å². The lowest BCUT2D eigenvalue weighted by molar-refractivity contribution is -0.137. The highest BCUT2D eigenvalue weighted by atomic mass is 32.2. The number of amides is 2. The van der Waals surface area contributed by atoms with Crippen molar-refractivity contribution in [3.8, 4) is 0 Å². The van der Waals surface area contributed by atoms with Crippen molar-refractivity contribution in [3.05, 3.63) is 41.7 Å². The van der Waals surface area contributed by atoms with Crippen LogP contribution < -0.4 is 10.2 Å². The number of ether oxygens (including phenoxy) is 1. The van der Waals surface area contributed by atoms with Crippen molar-refractivity contribution in [2.45, 2.75) is 82.6 Å². The first-order chi connectivity index (χ1) is 19.0. The van der Waals surface area contributed by atoms with Crippen LogP contribution in [-0.4, -0.2) is 64.8 Å². The standard InChI is InChI=1S/C26H32F5N5O5S/c1-23(2,3)36(22(38)41-24(4,5)6)42(39,40)19-14-17(7-10-32-19)34-21(37)18-13-16(26(29,30)31)15-33-20(18)35-11-8-25(27,28)9-12-35/h7,10,13-15H,8-9,11-12H2,1-6H3,(H,32,34,37). The number of alkyl halides is 5. The van der Waals surface area contributed by atoms with Crippen LogP contribution in [0.4, 0.5) is 38.3 Å². The highest BCUT2D eigenvalue weighted by Crippen LogP contribution is 2.35. The van der Waals surface area contributed by atoms with E-state index in [1.807, 2.05) is 0 Å². The van der Waals surface area contributed by atoms with Crippen LogP contribution in [0.15, 0.2) is 35.6 Å². The molecule has 42 heavy (non-hydrogen) atoms. The summed E-state index contributed by atoms with van der Waals surface area (Å²) in [6.45, 7) is 8.53. The average Bonchev–Trinajstić information content (AvgIpc) is 2.81. The monoisotopic (exact) mass is 621 g/mol. The summed E-state index contributed by atoms with van der Waals surface area (Å²) in [6.07, 6.45) is -5.65. The molecule has 2 aromatic heterocycles. The maximum atomic E-state index is 13.7. The summed E-state index contributed by atoms with van der Waals surface area (Å²) in [6, 6.07) is 2.67. The molecule has 0 radical (unpaired) electrons. The minimum absolute atomic E-state index is 0.180. The molecule has 232 valence electrons. The lowest BCUT2D eigenvalue weighted by Crippen LogP contribution is -2.51. The van der Waals surface area contributed by atoms with Crippen LogP contribution in [0.25, 0.3) is 0 Å². The molecule has 3 heterocycles. The number of nitrogens with zero attached hydrogens (tertiary/aromatic N) is 4. The van der Waals surface area contributed by atoms with Gasteiger partial charge in [0, 0.05) is 50.1 Å². The van der Waals surface area contributed by atoms with Gasteiger partial charge in [0.15, 0.2) is 5.03 Å². The van der Waals surface area contributed by atoms with Crippen LogP contribution in [-0.2, 0) is 20.9 Å². The van der Waals surface area contributed by atoms with E-state index in [1.54, 1.807) is 20.8 Å². The molecular formula is C26H32F5N5O5S. The summed E-state index contributed by atoms with van der Waals surface area (Å²) in [5.41, 5.74) is -4.30. The normalized spacial score (nSPS) is 16.1. The minimum atomic E-state index is -4.86. The van der Waals surface area contributed by atoms with Gasteiger partial charge in [-0.2, -0.15) is 25.9 Å². The highest BCUT2D eigenvalue weighted by molar-refractivity contribution is 7.89. The molecule has 1 aliphatic rings. The van der Waals surface area contributed by atoms with E-state index in [0.29, 0.717) is 16.6 Å². The van der Waals surface area contributed by atoms with E-state index in [4.69, 9.17) is 4.74 Å². The minimum Gasteiger partial charge on any atom is -0.443 e. The van der Waals surface area contributed by atoms with Gasteiger partial charge in [-0.25, -0.2) is 23.5 Å². The van der Waals surface area contributed by atoms with E-state index in [2.05, 4.69) is 15.3 Å². The molecule has 0 aliphatic carbocycles. The van der Waals surface area contributed by atoms with Gasteiger partial charge < -0.3 is 15.0 Å². The molecule has 0 saturated carbocycles. The fraction of sp³-hybridized carbons (Fsp3) is 0.538. The SMILES string of the molecule is CC(C)(C)OC(=O)N(C(C)(C)C)S(=O)(=O)c1cc(NC(=O)c2cc(C(F)(F)F)cnc2N2CCC(F)(F)CC2)ccn1. The average molecular weight is 622 g/mol. The molecule has 2 aromatic rings. The van der Waals surface area contributed by atoms with Gasteiger partial charge in [-0.15, -0.1) is 0 Å². The number of nitrogens with one attached hydrogen (secondary N) is 1. The van der Waals surface area contributed by atoms with E-state index in [-0.39, 0.29) is 24.6 Å². The van der Waals surface area contributed by atoms with E-state index in [9.17, 15) is 40.0 Å². The molecule has 3 rings (SSSR count). The fourth-order valence-electron chi connectivity index (χ4n) is 4.03. The van der Waals surface area contributed by atoms with E-state index < -0.39 is 74.3 Å². The lowest BCUT2D eigenvalue weighted by atomic mass is 10.1. The van der Waals surface area contributed by atoms with Crippen LogP contribution >= 0.6 is 0 Å². The van der Waals surface area contributed by atoms with Crippen molar-refractivity contribution in [1.82, 2.24) is 14.3 Å². The zero-order valence-corrected chi connectivity index (χ0v) is 24.7. The first-order valence-electron chi connectivity index (χ1n) is 12.8. The van der Waals surface area contributed by atoms with Crippen LogP contribution in [0.2, 0.25) is 0 Å². The maximum Gasteiger partial charge on any atom is 0.424 e. The highest BCUT2D eigenvalue weighted by Gasteiger charge is 2.42. The van der Waals surface area contributed by atoms with Gasteiger partial charge in [0.05, 0.1) is 16.7 Å². The molecular weight excluding hydrogens is 589 g/mol. The molecule has 2 amide bonds. The first-order valence-corrected chi connectivity index (χ1v) is 14.2. The Morgan fingerprint density at radius 3 is 2.14 bits per heavy atom. The zero-order valence-electron chi connectivity index (χ0n) is 23.8. The Labute approximate surface area is 240 Å². The van der Waals surface area contributed by atoms with Crippen molar-refractivity contribution >= 4 is 33.5 Å². The summed E-state index contributed by atoms with van der Waals surface area (Å²) in [5, 5.41) is 1.68. The van der Waals surface area contributed by atoms with Gasteiger partial charge in [0.1, 0.15) is 11.4 Å². The van der Waals surface area contributed by atoms with Crippen LogP contribution in [0.3, 0.4) is 0 Å². The van der Waals surface area contributed by atoms with E-state index >= 15 is 0 Å². The predicted molar refractivity (Wildman–Crippen MR) is 143 cm³/mol. The number of carbonyl (C=O) groups is 2. The molecule has 0 atom stereocenters. The van der Waals surface area contributed by atoms with Gasteiger partial charge in [0.25, 0.3) is 21.9 Å². The fourth-order valence-corrected chi connectivity index (χ4v) is 5.65. The quantitative estimate of drug-likeness (QED) is 0.422. The van der Waals surface area contributed by atoms with Crippen molar-refractivity contribution in [3.63, 3.8) is 0 Å². The summed E-state index contributed by atoms with van der Waals surface area (Å²) in [7, 11) is -4.66. The first kappa shape index (κ1) is 32.9. The summed E-state index contributed by atoms with van der Waals surface area (Å²) in [5.74, 6) is -4.29. The Kier molecular flexibility index (Phi) is 8.84.